The molecule has 2 amide bonds. The van der Waals surface area contributed by atoms with Gasteiger partial charge in [0.05, 0.1) is 10.7 Å². The first-order valence-electron chi connectivity index (χ1n) is 7.71. The van der Waals surface area contributed by atoms with Gasteiger partial charge in [-0.3, -0.25) is 9.59 Å². The average Bonchev–Trinajstić information content (AvgIpc) is 2.60. The molecule has 0 aliphatic carbocycles. The van der Waals surface area contributed by atoms with Gasteiger partial charge < -0.3 is 19.7 Å². The second-order valence-electron chi connectivity index (χ2n) is 5.61. The van der Waals surface area contributed by atoms with Crippen molar-refractivity contribution in [3.05, 3.63) is 47.5 Å². The molecule has 2 aromatic carbocycles. The molecule has 0 spiro atoms. The molecule has 25 heavy (non-hydrogen) atoms. The summed E-state index contributed by atoms with van der Waals surface area (Å²) >= 11 is 5.98. The third kappa shape index (κ3) is 3.69. The number of rotatable bonds is 4. The minimum absolute atomic E-state index is 0.141. The van der Waals surface area contributed by atoms with Crippen molar-refractivity contribution < 1.29 is 19.1 Å². The molecule has 1 unspecified atom stereocenters. The van der Waals surface area contributed by atoms with Gasteiger partial charge >= 0.3 is 0 Å². The van der Waals surface area contributed by atoms with Crippen LogP contribution in [0.15, 0.2) is 42.5 Å². The minimum atomic E-state index is -0.526. The smallest absolute Gasteiger partial charge is 0.267 e. The molecule has 1 atom stereocenters. The molecule has 0 bridgehead atoms. The first-order valence-corrected chi connectivity index (χ1v) is 8.09. The monoisotopic (exact) mass is 360 g/mol. The lowest BCUT2D eigenvalue weighted by atomic mass is 10.2. The van der Waals surface area contributed by atoms with Gasteiger partial charge in [0, 0.05) is 12.7 Å². The van der Waals surface area contributed by atoms with Gasteiger partial charge in [-0.1, -0.05) is 23.7 Å². The Bertz CT molecular complexity index is 824. The van der Waals surface area contributed by atoms with Crippen LogP contribution in [0.5, 0.6) is 11.5 Å². The molecule has 0 saturated heterocycles. The highest BCUT2D eigenvalue weighted by Crippen LogP contribution is 2.35. The van der Waals surface area contributed by atoms with Crippen molar-refractivity contribution in [1.82, 2.24) is 0 Å². The van der Waals surface area contributed by atoms with Crippen LogP contribution in [0.25, 0.3) is 0 Å². The number of ether oxygens (including phenoxy) is 2. The Balaban J connectivity index is 1.66. The molecule has 0 radical (unpaired) electrons. The number of halogens is 1. The highest BCUT2D eigenvalue weighted by molar-refractivity contribution is 6.32. The van der Waals surface area contributed by atoms with Gasteiger partial charge in [0.2, 0.25) is 0 Å². The molecule has 1 N–H and O–H groups in total. The van der Waals surface area contributed by atoms with E-state index in [1.165, 1.54) is 4.90 Å². The van der Waals surface area contributed by atoms with Crippen LogP contribution in [0.2, 0.25) is 5.02 Å². The molecule has 1 aliphatic heterocycles. The number of amides is 2. The largest absolute Gasteiger partial charge is 0.482 e. The van der Waals surface area contributed by atoms with Crippen molar-refractivity contribution in [2.45, 2.75) is 13.0 Å². The first kappa shape index (κ1) is 17.1. The zero-order valence-corrected chi connectivity index (χ0v) is 14.5. The predicted octanol–water partition coefficient (Wildman–Crippen LogP) is 3.10. The molecule has 1 aliphatic rings. The number of nitrogens with zero attached hydrogens (tertiary/aromatic N) is 1. The Kier molecular flexibility index (Phi) is 4.81. The summed E-state index contributed by atoms with van der Waals surface area (Å²) in [7, 11) is 1.67. The number of nitrogens with one attached hydrogen (secondary N) is 1. The van der Waals surface area contributed by atoms with E-state index in [1.54, 1.807) is 56.4 Å². The van der Waals surface area contributed by atoms with Gasteiger partial charge in [-0.15, -0.1) is 0 Å². The Labute approximate surface area is 150 Å². The molecule has 0 aromatic heterocycles. The summed E-state index contributed by atoms with van der Waals surface area (Å²) in [5.41, 5.74) is 1.15. The maximum absolute atomic E-state index is 12.1. The second-order valence-corrected chi connectivity index (χ2v) is 6.01. The summed E-state index contributed by atoms with van der Waals surface area (Å²) in [4.78, 5) is 25.6. The van der Waals surface area contributed by atoms with E-state index in [-0.39, 0.29) is 18.4 Å². The maximum atomic E-state index is 12.1. The van der Waals surface area contributed by atoms with Crippen LogP contribution in [0, 0.1) is 0 Å². The number of anilines is 2. The summed E-state index contributed by atoms with van der Waals surface area (Å²) in [5.74, 6) is 0.564. The predicted molar refractivity (Wildman–Crippen MR) is 95.5 cm³/mol. The van der Waals surface area contributed by atoms with Crippen molar-refractivity contribution in [2.75, 3.05) is 23.9 Å². The topological polar surface area (TPSA) is 67.9 Å². The second kappa shape index (κ2) is 7.03. The van der Waals surface area contributed by atoms with Gasteiger partial charge in [0.25, 0.3) is 11.8 Å². The van der Waals surface area contributed by atoms with E-state index in [0.717, 1.165) is 0 Å². The van der Waals surface area contributed by atoms with Crippen LogP contribution in [0.4, 0.5) is 11.4 Å². The number of hydrogen-bond acceptors (Lipinski definition) is 4. The SMILES string of the molecule is CC1Oc2ccc(NC(=O)COc3ccccc3Cl)cc2N(C)C1=O. The summed E-state index contributed by atoms with van der Waals surface area (Å²) in [6, 6.07) is 12.0. The molecule has 130 valence electrons. The van der Waals surface area contributed by atoms with Gasteiger partial charge in [-0.2, -0.15) is 0 Å². The van der Waals surface area contributed by atoms with Crippen molar-refractivity contribution >= 4 is 34.8 Å². The van der Waals surface area contributed by atoms with Gasteiger partial charge in [0.15, 0.2) is 12.7 Å². The minimum Gasteiger partial charge on any atom is -0.482 e. The zero-order valence-electron chi connectivity index (χ0n) is 13.8. The quantitative estimate of drug-likeness (QED) is 0.909. The lowest BCUT2D eigenvalue weighted by molar-refractivity contribution is -0.125. The number of benzene rings is 2. The first-order chi connectivity index (χ1) is 12.0. The van der Waals surface area contributed by atoms with Gasteiger partial charge in [-0.05, 0) is 37.3 Å². The van der Waals surface area contributed by atoms with E-state index < -0.39 is 6.10 Å². The Hall–Kier alpha value is -2.73. The molecular formula is C18H17ClN2O4. The van der Waals surface area contributed by atoms with E-state index in [0.29, 0.717) is 27.9 Å². The summed E-state index contributed by atoms with van der Waals surface area (Å²) in [5, 5.41) is 3.17. The Morgan fingerprint density at radius 3 is 2.84 bits per heavy atom. The van der Waals surface area contributed by atoms with Crippen LogP contribution < -0.4 is 19.7 Å². The van der Waals surface area contributed by atoms with Crippen molar-refractivity contribution in [3.63, 3.8) is 0 Å². The van der Waals surface area contributed by atoms with Crippen molar-refractivity contribution in [3.8, 4) is 11.5 Å². The van der Waals surface area contributed by atoms with Crippen molar-refractivity contribution in [2.24, 2.45) is 0 Å². The van der Waals surface area contributed by atoms with Crippen LogP contribution in [0.3, 0.4) is 0 Å². The molecule has 3 rings (SSSR count). The summed E-state index contributed by atoms with van der Waals surface area (Å²) in [6.07, 6.45) is -0.526. The number of carbonyl (C=O) groups is 2. The fraction of sp³-hybridized carbons (Fsp3) is 0.222. The van der Waals surface area contributed by atoms with E-state index in [9.17, 15) is 9.59 Å². The third-order valence-corrected chi connectivity index (χ3v) is 4.09. The Morgan fingerprint density at radius 1 is 1.32 bits per heavy atom. The van der Waals surface area contributed by atoms with Crippen LogP contribution >= 0.6 is 11.6 Å². The molecule has 0 fully saturated rings. The zero-order chi connectivity index (χ0) is 18.0. The van der Waals surface area contributed by atoms with Crippen molar-refractivity contribution in [1.29, 1.82) is 0 Å². The van der Waals surface area contributed by atoms with Crippen LogP contribution in [-0.4, -0.2) is 31.6 Å². The highest BCUT2D eigenvalue weighted by Gasteiger charge is 2.29. The van der Waals surface area contributed by atoms with Gasteiger partial charge in [0.1, 0.15) is 11.5 Å². The lowest BCUT2D eigenvalue weighted by Crippen LogP contribution is -2.42. The number of likely N-dealkylation sites (N-methyl/N-ethyl adjacent to an activating group) is 1. The third-order valence-electron chi connectivity index (χ3n) is 3.78. The van der Waals surface area contributed by atoms with E-state index in [2.05, 4.69) is 5.32 Å². The number of carbonyl (C=O) groups excluding carboxylic acids is 2. The molecule has 7 heteroatoms. The molecular weight excluding hydrogens is 344 g/mol. The number of fused-ring (bicyclic) bond motifs is 1. The standard InChI is InChI=1S/C18H17ClN2O4/c1-11-18(23)21(2)14-9-12(7-8-16(14)25-11)20-17(22)10-24-15-6-4-3-5-13(15)19/h3-9,11H,10H2,1-2H3,(H,20,22). The van der Waals surface area contributed by atoms with E-state index in [4.69, 9.17) is 21.1 Å². The van der Waals surface area contributed by atoms with E-state index in [1.807, 2.05) is 0 Å². The lowest BCUT2D eigenvalue weighted by Gasteiger charge is -2.30. The fourth-order valence-corrected chi connectivity index (χ4v) is 2.68. The molecule has 2 aromatic rings. The van der Waals surface area contributed by atoms with Crippen LogP contribution in [-0.2, 0) is 9.59 Å². The molecule has 0 saturated carbocycles. The maximum Gasteiger partial charge on any atom is 0.267 e. The highest BCUT2D eigenvalue weighted by atomic mass is 35.5. The summed E-state index contributed by atoms with van der Waals surface area (Å²) < 4.78 is 11.0. The average molecular weight is 361 g/mol. The normalized spacial score (nSPS) is 16.0. The molecule has 6 nitrogen and oxygen atoms in total. The van der Waals surface area contributed by atoms with Gasteiger partial charge in [-0.25, -0.2) is 0 Å². The molecule has 1 heterocycles. The number of hydrogen-bond donors (Lipinski definition) is 1. The fourth-order valence-electron chi connectivity index (χ4n) is 2.49. The van der Waals surface area contributed by atoms with E-state index >= 15 is 0 Å². The van der Waals surface area contributed by atoms with Crippen LogP contribution in [0.1, 0.15) is 6.92 Å². The Morgan fingerprint density at radius 2 is 2.08 bits per heavy atom. The number of para-hydroxylation sites is 1. The summed E-state index contributed by atoms with van der Waals surface area (Å²) in [6.45, 7) is 1.52.